The molecule has 1 aliphatic rings. The third-order valence-electron chi connectivity index (χ3n) is 4.10. The van der Waals surface area contributed by atoms with Crippen molar-refractivity contribution in [1.29, 1.82) is 0 Å². The average Bonchev–Trinajstić information content (AvgIpc) is 2.49. The molecule has 1 saturated heterocycles. The summed E-state index contributed by atoms with van der Waals surface area (Å²) in [4.78, 5) is 27.9. The fourth-order valence-corrected chi connectivity index (χ4v) is 2.51. The van der Waals surface area contributed by atoms with Gasteiger partial charge in [-0.2, -0.15) is 0 Å². The zero-order valence-electron chi connectivity index (χ0n) is 13.4. The fourth-order valence-electron chi connectivity index (χ4n) is 2.39. The van der Waals surface area contributed by atoms with Crippen molar-refractivity contribution in [2.24, 2.45) is 11.7 Å². The molecule has 0 radical (unpaired) electrons. The number of carbonyl (C=O) groups excluding carboxylic acids is 2. The van der Waals surface area contributed by atoms with E-state index in [1.165, 1.54) is 0 Å². The monoisotopic (exact) mass is 359 g/mol. The SMILES string of the molecule is CC(N)C(C)C(=O)N1CCN(Cc2ccc(Cl)cc2)C(=O)C1.Cl. The van der Waals surface area contributed by atoms with Gasteiger partial charge in [0.1, 0.15) is 0 Å². The molecule has 2 unspecified atom stereocenters. The summed E-state index contributed by atoms with van der Waals surface area (Å²) in [6.07, 6.45) is 0. The largest absolute Gasteiger partial charge is 0.335 e. The van der Waals surface area contributed by atoms with Gasteiger partial charge in [-0.05, 0) is 24.6 Å². The van der Waals surface area contributed by atoms with Crippen LogP contribution in [0.25, 0.3) is 0 Å². The number of nitrogens with two attached hydrogens (primary N) is 1. The van der Waals surface area contributed by atoms with Gasteiger partial charge in [0.25, 0.3) is 0 Å². The molecule has 2 atom stereocenters. The maximum Gasteiger partial charge on any atom is 0.242 e. The van der Waals surface area contributed by atoms with Crippen LogP contribution in [-0.4, -0.2) is 47.3 Å². The summed E-state index contributed by atoms with van der Waals surface area (Å²) in [6, 6.07) is 7.22. The highest BCUT2D eigenvalue weighted by Gasteiger charge is 2.30. The lowest BCUT2D eigenvalue weighted by Gasteiger charge is -2.36. The summed E-state index contributed by atoms with van der Waals surface area (Å²) in [6.45, 7) is 5.37. The smallest absolute Gasteiger partial charge is 0.242 e. The first-order chi connectivity index (χ1) is 10.4. The Bertz CT molecular complexity index is 549. The highest BCUT2D eigenvalue weighted by molar-refractivity contribution is 6.30. The van der Waals surface area contributed by atoms with E-state index in [0.29, 0.717) is 24.7 Å². The first-order valence-electron chi connectivity index (χ1n) is 7.45. The third-order valence-corrected chi connectivity index (χ3v) is 4.35. The summed E-state index contributed by atoms with van der Waals surface area (Å²) in [5.41, 5.74) is 6.80. The number of amides is 2. The number of hydrogen-bond acceptors (Lipinski definition) is 3. The zero-order chi connectivity index (χ0) is 16.3. The Morgan fingerprint density at radius 1 is 1.26 bits per heavy atom. The molecular formula is C16H23Cl2N3O2. The third kappa shape index (κ3) is 5.09. The Morgan fingerprint density at radius 2 is 1.87 bits per heavy atom. The summed E-state index contributed by atoms with van der Waals surface area (Å²) in [5, 5.41) is 0.676. The minimum atomic E-state index is -0.268. The first kappa shape index (κ1) is 19.7. The molecule has 0 bridgehead atoms. The van der Waals surface area contributed by atoms with E-state index in [2.05, 4.69) is 0 Å². The molecule has 5 nitrogen and oxygen atoms in total. The topological polar surface area (TPSA) is 66.6 Å². The summed E-state index contributed by atoms with van der Waals surface area (Å²) in [5.74, 6) is -0.350. The molecule has 2 amide bonds. The molecule has 1 aliphatic heterocycles. The van der Waals surface area contributed by atoms with Gasteiger partial charge in [-0.25, -0.2) is 0 Å². The Labute approximate surface area is 148 Å². The van der Waals surface area contributed by atoms with Gasteiger partial charge in [-0.15, -0.1) is 12.4 Å². The first-order valence-corrected chi connectivity index (χ1v) is 7.83. The Kier molecular flexibility index (Phi) is 7.32. The summed E-state index contributed by atoms with van der Waals surface area (Å²) < 4.78 is 0. The minimum absolute atomic E-state index is 0. The molecule has 7 heteroatoms. The lowest BCUT2D eigenvalue weighted by molar-refractivity contribution is -0.148. The predicted octanol–water partition coefficient (Wildman–Crippen LogP) is 1.92. The molecule has 0 spiro atoms. The molecule has 1 aromatic rings. The predicted molar refractivity (Wildman–Crippen MR) is 93.5 cm³/mol. The van der Waals surface area contributed by atoms with Crippen LogP contribution in [0.4, 0.5) is 0 Å². The van der Waals surface area contributed by atoms with Crippen LogP contribution in [0.3, 0.4) is 0 Å². The quantitative estimate of drug-likeness (QED) is 0.892. The van der Waals surface area contributed by atoms with Gasteiger partial charge in [-0.3, -0.25) is 9.59 Å². The van der Waals surface area contributed by atoms with Gasteiger partial charge in [0.15, 0.2) is 0 Å². The maximum atomic E-state index is 12.2. The highest BCUT2D eigenvalue weighted by Crippen LogP contribution is 2.15. The summed E-state index contributed by atoms with van der Waals surface area (Å²) >= 11 is 5.86. The van der Waals surface area contributed by atoms with Crippen molar-refractivity contribution < 1.29 is 9.59 Å². The Hall–Kier alpha value is -1.30. The average molecular weight is 360 g/mol. The number of benzene rings is 1. The van der Waals surface area contributed by atoms with Crippen molar-refractivity contribution in [1.82, 2.24) is 9.80 Å². The van der Waals surface area contributed by atoms with Gasteiger partial charge in [0.05, 0.1) is 12.5 Å². The van der Waals surface area contributed by atoms with Crippen LogP contribution in [0.1, 0.15) is 19.4 Å². The highest BCUT2D eigenvalue weighted by atomic mass is 35.5. The van der Waals surface area contributed by atoms with Gasteiger partial charge in [0.2, 0.25) is 11.8 Å². The number of carbonyl (C=O) groups is 2. The van der Waals surface area contributed by atoms with Crippen molar-refractivity contribution in [3.8, 4) is 0 Å². The number of piperazine rings is 1. The van der Waals surface area contributed by atoms with Gasteiger partial charge < -0.3 is 15.5 Å². The van der Waals surface area contributed by atoms with Crippen LogP contribution in [0.15, 0.2) is 24.3 Å². The molecule has 0 saturated carbocycles. The van der Waals surface area contributed by atoms with Crippen molar-refractivity contribution in [3.63, 3.8) is 0 Å². The Balaban J connectivity index is 0.00000264. The molecule has 23 heavy (non-hydrogen) atoms. The molecular weight excluding hydrogens is 337 g/mol. The maximum absolute atomic E-state index is 12.2. The van der Waals surface area contributed by atoms with Crippen LogP contribution in [0, 0.1) is 5.92 Å². The number of halogens is 2. The molecule has 1 heterocycles. The van der Waals surface area contributed by atoms with Crippen LogP contribution in [0.2, 0.25) is 5.02 Å². The van der Waals surface area contributed by atoms with Crippen molar-refractivity contribution >= 4 is 35.8 Å². The lowest BCUT2D eigenvalue weighted by atomic mass is 10.0. The van der Waals surface area contributed by atoms with Crippen molar-refractivity contribution in [3.05, 3.63) is 34.9 Å². The molecule has 2 rings (SSSR count). The number of hydrogen-bond donors (Lipinski definition) is 1. The van der Waals surface area contributed by atoms with E-state index in [1.807, 2.05) is 24.3 Å². The van der Waals surface area contributed by atoms with E-state index >= 15 is 0 Å². The van der Waals surface area contributed by atoms with E-state index in [0.717, 1.165) is 5.56 Å². The van der Waals surface area contributed by atoms with E-state index in [1.54, 1.807) is 23.6 Å². The van der Waals surface area contributed by atoms with Crippen molar-refractivity contribution in [2.45, 2.75) is 26.4 Å². The minimum Gasteiger partial charge on any atom is -0.335 e. The Morgan fingerprint density at radius 3 is 2.39 bits per heavy atom. The van der Waals surface area contributed by atoms with E-state index in [-0.39, 0.29) is 42.7 Å². The second kappa shape index (κ2) is 8.52. The standard InChI is InChI=1S/C16H22ClN3O2.ClH/c1-11(12(2)18)16(22)20-8-7-19(15(21)10-20)9-13-3-5-14(17)6-4-13;/h3-6,11-12H,7-10,18H2,1-2H3;1H. The molecule has 1 aromatic carbocycles. The molecule has 0 aromatic heterocycles. The number of rotatable bonds is 4. The molecule has 128 valence electrons. The van der Waals surface area contributed by atoms with Crippen molar-refractivity contribution in [2.75, 3.05) is 19.6 Å². The van der Waals surface area contributed by atoms with E-state index in [9.17, 15) is 9.59 Å². The van der Waals surface area contributed by atoms with Crippen LogP contribution in [0.5, 0.6) is 0 Å². The molecule has 1 fully saturated rings. The van der Waals surface area contributed by atoms with E-state index in [4.69, 9.17) is 17.3 Å². The zero-order valence-corrected chi connectivity index (χ0v) is 14.9. The second-order valence-electron chi connectivity index (χ2n) is 5.85. The second-order valence-corrected chi connectivity index (χ2v) is 6.29. The van der Waals surface area contributed by atoms with Crippen LogP contribution in [-0.2, 0) is 16.1 Å². The number of nitrogens with zero attached hydrogens (tertiary/aromatic N) is 2. The lowest BCUT2D eigenvalue weighted by Crippen LogP contribution is -2.54. The summed E-state index contributed by atoms with van der Waals surface area (Å²) in [7, 11) is 0. The van der Waals surface area contributed by atoms with Gasteiger partial charge in [-0.1, -0.05) is 30.7 Å². The molecule has 2 N–H and O–H groups in total. The normalized spacial score (nSPS) is 17.5. The van der Waals surface area contributed by atoms with Gasteiger partial charge >= 0.3 is 0 Å². The van der Waals surface area contributed by atoms with Crippen LogP contribution >= 0.6 is 24.0 Å². The van der Waals surface area contributed by atoms with Gasteiger partial charge in [0, 0.05) is 30.7 Å². The molecule has 0 aliphatic carbocycles. The van der Waals surface area contributed by atoms with E-state index < -0.39 is 0 Å². The fraction of sp³-hybridized carbons (Fsp3) is 0.500. The van der Waals surface area contributed by atoms with Crippen LogP contribution < -0.4 is 5.73 Å².